The predicted octanol–water partition coefficient (Wildman–Crippen LogP) is -1.43. The Bertz CT molecular complexity index is 1390. The molecule has 0 aliphatic heterocycles. The molecule has 2 fully saturated rings. The van der Waals surface area contributed by atoms with E-state index in [9.17, 15) is 39.0 Å². The van der Waals surface area contributed by atoms with Gasteiger partial charge in [-0.2, -0.15) is 0 Å². The summed E-state index contributed by atoms with van der Waals surface area (Å²) < 4.78 is 15.8. The van der Waals surface area contributed by atoms with E-state index in [1.165, 1.54) is 42.9 Å². The Morgan fingerprint density at radius 1 is 1.07 bits per heavy atom. The zero-order valence-corrected chi connectivity index (χ0v) is 23.6. The molecule has 2 saturated carbocycles. The van der Waals surface area contributed by atoms with E-state index in [4.69, 9.17) is 5.73 Å². The highest BCUT2D eigenvalue weighted by Gasteiger charge is 2.69. The Hall–Kier alpha value is -3.75. The van der Waals surface area contributed by atoms with Crippen molar-refractivity contribution < 1.29 is 43.4 Å². The normalized spacial score (nSPS) is 29.3. The largest absolute Gasteiger partial charge is 0.505 e. The monoisotopic (exact) mass is 575 g/mol. The second-order valence-electron chi connectivity index (χ2n) is 11.7. The molecule has 0 radical (unpaired) electrons. The molecule has 6 atom stereocenters. The molecule has 41 heavy (non-hydrogen) atoms. The van der Waals surface area contributed by atoms with Crippen LogP contribution < -0.4 is 16.0 Å². The smallest absolute Gasteiger partial charge is 0.238 e. The number of nitrogens with two attached hydrogens (primary N) is 1. The first-order valence-corrected chi connectivity index (χ1v) is 13.0. The molecule has 3 aliphatic rings. The van der Waals surface area contributed by atoms with Crippen molar-refractivity contribution in [3.63, 3.8) is 0 Å². The van der Waals surface area contributed by atoms with Crippen molar-refractivity contribution in [2.45, 2.75) is 24.5 Å². The number of hydrogen-bond acceptors (Lipinski definition) is 11. The molecule has 3 aliphatic carbocycles. The Labute approximate surface area is 235 Å². The summed E-state index contributed by atoms with van der Waals surface area (Å²) in [6, 6.07) is -1.25. The van der Waals surface area contributed by atoms with E-state index >= 15 is 4.39 Å². The molecule has 0 spiro atoms. The Morgan fingerprint density at radius 2 is 1.68 bits per heavy atom. The number of benzene rings is 1. The van der Waals surface area contributed by atoms with Crippen molar-refractivity contribution >= 4 is 46.3 Å². The van der Waals surface area contributed by atoms with Crippen LogP contribution in [0, 0.1) is 29.5 Å². The number of Topliss-reactive ketones (excluding diaryl/α,β-unsaturated/α-hetero) is 4. The SMILES string of the molecule is CN(C)CC(=O)Nc1c(O)c2c(c(N(C)C)c1F)CC1CC3[C@H](N(C)C)C(=O)C(C(N)=O)C(=O)[C@@]3(O)C(=O)C1C2=O. The summed E-state index contributed by atoms with van der Waals surface area (Å²) in [4.78, 5) is 83.3. The van der Waals surface area contributed by atoms with Gasteiger partial charge in [-0.05, 0) is 52.5 Å². The van der Waals surface area contributed by atoms with Crippen molar-refractivity contribution in [2.75, 3.05) is 59.0 Å². The molecular weight excluding hydrogens is 541 g/mol. The minimum absolute atomic E-state index is 0.0879. The summed E-state index contributed by atoms with van der Waals surface area (Å²) in [7, 11) is 9.19. The van der Waals surface area contributed by atoms with Crippen LogP contribution in [0.2, 0.25) is 0 Å². The van der Waals surface area contributed by atoms with E-state index in [0.29, 0.717) is 0 Å². The maximum Gasteiger partial charge on any atom is 0.238 e. The number of aliphatic hydroxyl groups is 1. The molecule has 222 valence electrons. The fourth-order valence-electron chi connectivity index (χ4n) is 6.73. The van der Waals surface area contributed by atoms with Gasteiger partial charge in [-0.3, -0.25) is 33.7 Å². The van der Waals surface area contributed by atoms with E-state index in [2.05, 4.69) is 5.32 Å². The molecule has 1 aromatic carbocycles. The zero-order valence-electron chi connectivity index (χ0n) is 23.6. The van der Waals surface area contributed by atoms with Gasteiger partial charge in [-0.25, -0.2) is 4.39 Å². The van der Waals surface area contributed by atoms with E-state index in [-0.39, 0.29) is 30.6 Å². The number of ketones is 4. The van der Waals surface area contributed by atoms with Crippen molar-refractivity contribution in [3.05, 3.63) is 16.9 Å². The van der Waals surface area contributed by atoms with Crippen LogP contribution in [0.3, 0.4) is 0 Å². The molecule has 0 aromatic heterocycles. The van der Waals surface area contributed by atoms with E-state index < -0.39 is 93.1 Å². The van der Waals surface area contributed by atoms with Gasteiger partial charge in [0.1, 0.15) is 5.69 Å². The van der Waals surface area contributed by atoms with Crippen LogP contribution in [0.15, 0.2) is 0 Å². The second-order valence-corrected chi connectivity index (χ2v) is 11.7. The number of amides is 2. The average molecular weight is 576 g/mol. The van der Waals surface area contributed by atoms with Gasteiger partial charge in [-0.15, -0.1) is 0 Å². The molecule has 5 N–H and O–H groups in total. The third-order valence-corrected chi connectivity index (χ3v) is 8.31. The number of aromatic hydroxyl groups is 1. The van der Waals surface area contributed by atoms with Crippen LogP contribution in [0.5, 0.6) is 5.75 Å². The van der Waals surface area contributed by atoms with Crippen LogP contribution in [0.4, 0.5) is 15.8 Å². The lowest BCUT2D eigenvalue weighted by atomic mass is 9.52. The number of likely N-dealkylation sites (N-methyl/N-ethyl adjacent to an activating group) is 2. The molecule has 14 heteroatoms. The van der Waals surface area contributed by atoms with Crippen molar-refractivity contribution in [2.24, 2.45) is 29.4 Å². The van der Waals surface area contributed by atoms with Gasteiger partial charge in [0.15, 0.2) is 46.2 Å². The first-order valence-electron chi connectivity index (χ1n) is 13.0. The van der Waals surface area contributed by atoms with Crippen LogP contribution in [0.25, 0.3) is 0 Å². The molecule has 4 rings (SSSR count). The number of primary amides is 1. The summed E-state index contributed by atoms with van der Waals surface area (Å²) in [6.45, 7) is -0.159. The number of carbonyl (C=O) groups is 6. The minimum atomic E-state index is -2.88. The fourth-order valence-corrected chi connectivity index (χ4v) is 6.73. The third kappa shape index (κ3) is 4.41. The maximum atomic E-state index is 15.8. The molecule has 13 nitrogen and oxygen atoms in total. The van der Waals surface area contributed by atoms with Crippen molar-refractivity contribution in [1.29, 1.82) is 0 Å². The molecule has 0 bridgehead atoms. The number of nitrogens with one attached hydrogen (secondary N) is 1. The van der Waals surface area contributed by atoms with Crippen LogP contribution in [-0.2, 0) is 30.4 Å². The summed E-state index contributed by atoms with van der Waals surface area (Å²) >= 11 is 0. The fraction of sp³-hybridized carbons (Fsp3) is 0.556. The van der Waals surface area contributed by atoms with E-state index in [1.54, 1.807) is 14.1 Å². The lowest BCUT2D eigenvalue weighted by Gasteiger charge is -2.52. The summed E-state index contributed by atoms with van der Waals surface area (Å²) in [6.07, 6.45) is -0.282. The topological polar surface area (TPSA) is 191 Å². The van der Waals surface area contributed by atoms with E-state index in [0.717, 1.165) is 0 Å². The number of carbonyl (C=O) groups excluding carboxylic acids is 6. The number of phenols is 1. The standard InChI is InChI=1S/C27H34FN5O8/c1-31(2)9-13(34)30-18-17(28)19(32(3)4)11-7-10-8-12-20(33(5)6)23(37)16(26(29)40)25(39)27(12,41)24(38)14(10)21(35)15(11)22(18)36/h10,12,14,16,20,36,41H,7-9H2,1-6H3,(H2,29,40)(H,30,34)/t10?,12?,14?,16?,20-,27-/m0/s1. The number of fused-ring (bicyclic) bond motifs is 3. The van der Waals surface area contributed by atoms with Gasteiger partial charge >= 0.3 is 0 Å². The first-order chi connectivity index (χ1) is 19.0. The first kappa shape index (κ1) is 30.2. The molecule has 4 unspecified atom stereocenters. The molecule has 0 heterocycles. The number of nitrogens with zero attached hydrogens (tertiary/aromatic N) is 3. The minimum Gasteiger partial charge on any atom is -0.505 e. The maximum absolute atomic E-state index is 15.8. The highest BCUT2D eigenvalue weighted by atomic mass is 19.1. The Balaban J connectivity index is 1.90. The van der Waals surface area contributed by atoms with Crippen LogP contribution in [0.1, 0.15) is 22.3 Å². The van der Waals surface area contributed by atoms with Gasteiger partial charge in [-0.1, -0.05) is 0 Å². The number of anilines is 2. The number of phenolic OH excluding ortho intramolecular Hbond substituents is 1. The summed E-state index contributed by atoms with van der Waals surface area (Å²) in [5.41, 5.74) is 1.39. The number of halogens is 1. The lowest BCUT2D eigenvalue weighted by molar-refractivity contribution is -0.181. The van der Waals surface area contributed by atoms with Gasteiger partial charge in [0.05, 0.1) is 29.8 Å². The summed E-state index contributed by atoms with van der Waals surface area (Å²) in [5.74, 6) is -14.2. The van der Waals surface area contributed by atoms with Crippen molar-refractivity contribution in [1.82, 2.24) is 9.80 Å². The predicted molar refractivity (Wildman–Crippen MR) is 143 cm³/mol. The highest BCUT2D eigenvalue weighted by Crippen LogP contribution is 2.53. The van der Waals surface area contributed by atoms with Gasteiger partial charge < -0.3 is 31.1 Å². The molecular formula is C27H34FN5O8. The second kappa shape index (κ2) is 10.3. The van der Waals surface area contributed by atoms with Gasteiger partial charge in [0.2, 0.25) is 11.8 Å². The molecule has 2 amide bonds. The van der Waals surface area contributed by atoms with Crippen molar-refractivity contribution in [3.8, 4) is 5.75 Å². The quantitative estimate of drug-likeness (QED) is 0.230. The third-order valence-electron chi connectivity index (χ3n) is 8.31. The number of rotatable bonds is 6. The number of hydrogen-bond donors (Lipinski definition) is 4. The zero-order chi connectivity index (χ0) is 30.9. The lowest BCUT2D eigenvalue weighted by Crippen LogP contribution is -2.74. The van der Waals surface area contributed by atoms with Crippen LogP contribution in [-0.4, -0.2) is 115 Å². The average Bonchev–Trinajstić information content (AvgIpc) is 2.82. The van der Waals surface area contributed by atoms with Gasteiger partial charge in [0, 0.05) is 20.0 Å². The molecule has 0 saturated heterocycles. The van der Waals surface area contributed by atoms with Gasteiger partial charge in [0.25, 0.3) is 0 Å². The summed E-state index contributed by atoms with van der Waals surface area (Å²) in [5, 5.41) is 25.1. The Kier molecular flexibility index (Phi) is 7.56. The Morgan fingerprint density at radius 3 is 2.20 bits per heavy atom. The van der Waals surface area contributed by atoms with Crippen LogP contribution >= 0.6 is 0 Å². The van der Waals surface area contributed by atoms with E-state index in [1.807, 2.05) is 0 Å². The molecule has 1 aromatic rings. The highest BCUT2D eigenvalue weighted by molar-refractivity contribution is 6.32.